The van der Waals surface area contributed by atoms with Crippen LogP contribution < -0.4 is 5.32 Å². The Labute approximate surface area is 126 Å². The summed E-state index contributed by atoms with van der Waals surface area (Å²) in [6, 6.07) is 0. The number of nitrogens with zero attached hydrogens (tertiary/aromatic N) is 2. The van der Waals surface area contributed by atoms with Crippen molar-refractivity contribution in [2.45, 2.75) is 26.2 Å². The highest BCUT2D eigenvalue weighted by atomic mass is 32.1. The van der Waals surface area contributed by atoms with Crippen LogP contribution in [-0.4, -0.2) is 45.9 Å². The molecule has 0 atom stereocenters. The van der Waals surface area contributed by atoms with Gasteiger partial charge in [-0.25, -0.2) is 4.98 Å². The van der Waals surface area contributed by atoms with Crippen molar-refractivity contribution in [2.24, 2.45) is 5.92 Å². The average Bonchev–Trinajstić information content (AvgIpc) is 2.85. The van der Waals surface area contributed by atoms with Gasteiger partial charge in [0, 0.05) is 31.3 Å². The van der Waals surface area contributed by atoms with Gasteiger partial charge in [-0.3, -0.25) is 14.4 Å². The standard InChI is InChI=1S/C13H17N3O4S/c1-8(17)16-4-2-9(3-5-16)12(20)15-13-14-10(7-21-13)6-11(18)19/h7,9H,2-6H2,1H3,(H,18,19)(H,14,15,20). The second kappa shape index (κ2) is 6.66. The first kappa shape index (κ1) is 15.4. The lowest BCUT2D eigenvalue weighted by molar-refractivity contribution is -0.136. The molecular formula is C13H17N3O4S. The van der Waals surface area contributed by atoms with E-state index in [1.165, 1.54) is 18.3 Å². The summed E-state index contributed by atoms with van der Waals surface area (Å²) in [5, 5.41) is 13.4. The number of anilines is 1. The number of carbonyl (C=O) groups excluding carboxylic acids is 2. The average molecular weight is 311 g/mol. The molecule has 2 heterocycles. The third-order valence-electron chi connectivity index (χ3n) is 3.43. The smallest absolute Gasteiger partial charge is 0.309 e. The zero-order valence-corrected chi connectivity index (χ0v) is 12.5. The van der Waals surface area contributed by atoms with Crippen LogP contribution in [0.1, 0.15) is 25.5 Å². The Morgan fingerprint density at radius 3 is 2.67 bits per heavy atom. The number of hydrogen-bond donors (Lipinski definition) is 2. The number of likely N-dealkylation sites (tertiary alicyclic amines) is 1. The summed E-state index contributed by atoms with van der Waals surface area (Å²) in [5.41, 5.74) is 0.439. The quantitative estimate of drug-likeness (QED) is 0.863. The van der Waals surface area contributed by atoms with Gasteiger partial charge in [0.15, 0.2) is 5.13 Å². The number of aliphatic carboxylic acids is 1. The number of rotatable bonds is 4. The van der Waals surface area contributed by atoms with E-state index in [1.54, 1.807) is 10.3 Å². The van der Waals surface area contributed by atoms with Gasteiger partial charge >= 0.3 is 5.97 Å². The molecule has 1 aromatic heterocycles. The summed E-state index contributed by atoms with van der Waals surface area (Å²) >= 11 is 1.22. The molecule has 114 valence electrons. The van der Waals surface area contributed by atoms with Crippen LogP contribution in [0.2, 0.25) is 0 Å². The Kier molecular flexibility index (Phi) is 4.89. The molecular weight excluding hydrogens is 294 g/mol. The van der Waals surface area contributed by atoms with Crippen LogP contribution in [-0.2, 0) is 20.8 Å². The summed E-state index contributed by atoms with van der Waals surface area (Å²) < 4.78 is 0. The van der Waals surface area contributed by atoms with Gasteiger partial charge in [-0.05, 0) is 12.8 Å². The zero-order valence-electron chi connectivity index (χ0n) is 11.7. The fourth-order valence-corrected chi connectivity index (χ4v) is 2.98. The minimum atomic E-state index is -0.949. The van der Waals surface area contributed by atoms with E-state index in [0.29, 0.717) is 36.8 Å². The summed E-state index contributed by atoms with van der Waals surface area (Å²) in [6.07, 6.45) is 1.13. The summed E-state index contributed by atoms with van der Waals surface area (Å²) in [7, 11) is 0. The molecule has 8 heteroatoms. The predicted molar refractivity (Wildman–Crippen MR) is 77.1 cm³/mol. The van der Waals surface area contributed by atoms with Crippen molar-refractivity contribution in [2.75, 3.05) is 18.4 Å². The fourth-order valence-electron chi connectivity index (χ4n) is 2.26. The van der Waals surface area contributed by atoms with Crippen molar-refractivity contribution < 1.29 is 19.5 Å². The molecule has 21 heavy (non-hydrogen) atoms. The highest BCUT2D eigenvalue weighted by molar-refractivity contribution is 7.13. The molecule has 1 aliphatic rings. The number of hydrogen-bond acceptors (Lipinski definition) is 5. The topological polar surface area (TPSA) is 99.6 Å². The number of aromatic nitrogens is 1. The molecule has 1 saturated heterocycles. The van der Waals surface area contributed by atoms with E-state index in [-0.39, 0.29) is 24.2 Å². The van der Waals surface area contributed by atoms with Crippen molar-refractivity contribution in [1.82, 2.24) is 9.88 Å². The van der Waals surface area contributed by atoms with E-state index in [1.807, 2.05) is 0 Å². The van der Waals surface area contributed by atoms with Gasteiger partial charge in [-0.2, -0.15) is 0 Å². The number of amides is 2. The Morgan fingerprint density at radius 2 is 2.10 bits per heavy atom. The van der Waals surface area contributed by atoms with E-state index in [0.717, 1.165) is 0 Å². The molecule has 0 radical (unpaired) electrons. The van der Waals surface area contributed by atoms with Crippen LogP contribution in [0.3, 0.4) is 0 Å². The maximum atomic E-state index is 12.1. The largest absolute Gasteiger partial charge is 0.481 e. The Bertz CT molecular complexity index is 549. The number of piperidine rings is 1. The van der Waals surface area contributed by atoms with E-state index in [4.69, 9.17) is 5.11 Å². The van der Waals surface area contributed by atoms with E-state index in [2.05, 4.69) is 10.3 Å². The molecule has 0 saturated carbocycles. The number of carboxylic acids is 1. The Hall–Kier alpha value is -1.96. The van der Waals surface area contributed by atoms with Crippen LogP contribution >= 0.6 is 11.3 Å². The van der Waals surface area contributed by atoms with Crippen molar-refractivity contribution in [3.05, 3.63) is 11.1 Å². The molecule has 2 rings (SSSR count). The van der Waals surface area contributed by atoms with Gasteiger partial charge < -0.3 is 15.3 Å². The number of carboxylic acid groups (broad SMARTS) is 1. The molecule has 7 nitrogen and oxygen atoms in total. The van der Waals surface area contributed by atoms with Crippen molar-refractivity contribution >= 4 is 34.3 Å². The minimum absolute atomic E-state index is 0.0343. The van der Waals surface area contributed by atoms with Crippen molar-refractivity contribution in [3.63, 3.8) is 0 Å². The molecule has 2 N–H and O–H groups in total. The Morgan fingerprint density at radius 1 is 1.43 bits per heavy atom. The summed E-state index contributed by atoms with van der Waals surface area (Å²) in [6.45, 7) is 2.71. The van der Waals surface area contributed by atoms with E-state index in [9.17, 15) is 14.4 Å². The second-order valence-electron chi connectivity index (χ2n) is 4.98. The van der Waals surface area contributed by atoms with Crippen molar-refractivity contribution in [3.8, 4) is 0 Å². The lowest BCUT2D eigenvalue weighted by Crippen LogP contribution is -2.40. The first-order valence-electron chi connectivity index (χ1n) is 6.68. The van der Waals surface area contributed by atoms with Gasteiger partial charge in [0.1, 0.15) is 0 Å². The maximum Gasteiger partial charge on any atom is 0.309 e. The predicted octanol–water partition coefficient (Wildman–Crippen LogP) is 0.967. The van der Waals surface area contributed by atoms with E-state index < -0.39 is 5.97 Å². The van der Waals surface area contributed by atoms with E-state index >= 15 is 0 Å². The molecule has 0 aromatic carbocycles. The lowest BCUT2D eigenvalue weighted by atomic mass is 9.96. The van der Waals surface area contributed by atoms with Crippen LogP contribution in [0.5, 0.6) is 0 Å². The number of thiazole rings is 1. The molecule has 0 unspecified atom stereocenters. The lowest BCUT2D eigenvalue weighted by Gasteiger charge is -2.30. The SMILES string of the molecule is CC(=O)N1CCC(C(=O)Nc2nc(CC(=O)O)cs2)CC1. The second-order valence-corrected chi connectivity index (χ2v) is 5.84. The number of carbonyl (C=O) groups is 3. The normalized spacial score (nSPS) is 15.8. The zero-order chi connectivity index (χ0) is 15.4. The van der Waals surface area contributed by atoms with Gasteiger partial charge in [-0.1, -0.05) is 0 Å². The molecule has 1 aromatic rings. The molecule has 0 bridgehead atoms. The summed E-state index contributed by atoms with van der Waals surface area (Å²) in [4.78, 5) is 39.7. The van der Waals surface area contributed by atoms with Gasteiger partial charge in [0.2, 0.25) is 11.8 Å². The van der Waals surface area contributed by atoms with Crippen molar-refractivity contribution in [1.29, 1.82) is 0 Å². The third-order valence-corrected chi connectivity index (χ3v) is 4.23. The minimum Gasteiger partial charge on any atom is -0.481 e. The first-order chi connectivity index (χ1) is 9.95. The summed E-state index contributed by atoms with van der Waals surface area (Å²) in [5.74, 6) is -1.16. The van der Waals surface area contributed by atoms with Crippen LogP contribution in [0.15, 0.2) is 5.38 Å². The molecule has 0 spiro atoms. The fraction of sp³-hybridized carbons (Fsp3) is 0.538. The monoisotopic (exact) mass is 311 g/mol. The number of nitrogens with one attached hydrogen (secondary N) is 1. The molecule has 1 fully saturated rings. The van der Waals surface area contributed by atoms with Crippen LogP contribution in [0.25, 0.3) is 0 Å². The highest BCUT2D eigenvalue weighted by Crippen LogP contribution is 2.21. The van der Waals surface area contributed by atoms with Gasteiger partial charge in [-0.15, -0.1) is 11.3 Å². The molecule has 2 amide bonds. The van der Waals surface area contributed by atoms with Crippen LogP contribution in [0.4, 0.5) is 5.13 Å². The molecule has 0 aliphatic carbocycles. The van der Waals surface area contributed by atoms with Gasteiger partial charge in [0.05, 0.1) is 12.1 Å². The molecule has 1 aliphatic heterocycles. The first-order valence-corrected chi connectivity index (χ1v) is 7.56. The van der Waals surface area contributed by atoms with Crippen LogP contribution in [0, 0.1) is 5.92 Å². The highest BCUT2D eigenvalue weighted by Gasteiger charge is 2.26. The Balaban J connectivity index is 1.86. The maximum absolute atomic E-state index is 12.1. The third kappa shape index (κ3) is 4.25. The van der Waals surface area contributed by atoms with Gasteiger partial charge in [0.25, 0.3) is 0 Å².